The summed E-state index contributed by atoms with van der Waals surface area (Å²) in [6, 6.07) is 0.892. The maximum atomic E-state index is 13.3. The molecular weight excluding hydrogens is 414 g/mol. The van der Waals surface area contributed by atoms with E-state index in [9.17, 15) is 8.42 Å². The van der Waals surface area contributed by atoms with Crippen molar-refractivity contribution in [1.82, 2.24) is 35.8 Å². The molecule has 4 heterocycles. The predicted molar refractivity (Wildman–Crippen MR) is 121 cm³/mol. The summed E-state index contributed by atoms with van der Waals surface area (Å²) in [6.45, 7) is 7.85. The standard InChI is InChI=1S/C21H41N7O2S/c1-15(27-9-4-10-27)16-7-8-22-20(11-16)28-14-18(13-24-28)31(29,30)25-19-6-3-5-17-12-23-26(2)21(17)19/h15-25H,3-14H2,1-2H3/t15-,16?,17?,18?,19?,20?,21?/m1/s1. The maximum Gasteiger partial charge on any atom is 0.217 e. The van der Waals surface area contributed by atoms with Gasteiger partial charge in [-0.25, -0.2) is 23.2 Å². The second kappa shape index (κ2) is 9.13. The summed E-state index contributed by atoms with van der Waals surface area (Å²) < 4.78 is 29.7. The van der Waals surface area contributed by atoms with E-state index in [0.29, 0.717) is 31.0 Å². The van der Waals surface area contributed by atoms with E-state index in [1.54, 1.807) is 0 Å². The van der Waals surface area contributed by atoms with Crippen LogP contribution in [0.3, 0.4) is 0 Å². The molecule has 0 bridgehead atoms. The molecule has 178 valence electrons. The Morgan fingerprint density at radius 3 is 2.68 bits per heavy atom. The maximum absolute atomic E-state index is 13.3. The quantitative estimate of drug-likeness (QED) is 0.426. The number of hydrogen-bond donors (Lipinski definition) is 4. The minimum absolute atomic E-state index is 0.00682. The average Bonchev–Trinajstić information content (AvgIpc) is 3.35. The Labute approximate surface area is 187 Å². The highest BCUT2D eigenvalue weighted by molar-refractivity contribution is 7.90. The monoisotopic (exact) mass is 455 g/mol. The minimum Gasteiger partial charge on any atom is -0.301 e. The largest absolute Gasteiger partial charge is 0.301 e. The van der Waals surface area contributed by atoms with E-state index < -0.39 is 15.3 Å². The number of likely N-dealkylation sites (N-methyl/N-ethyl adjacent to an activating group) is 1. The molecule has 5 fully saturated rings. The Morgan fingerprint density at radius 2 is 1.90 bits per heavy atom. The molecule has 1 saturated carbocycles. The summed E-state index contributed by atoms with van der Waals surface area (Å²) >= 11 is 0. The van der Waals surface area contributed by atoms with Gasteiger partial charge in [0.25, 0.3) is 0 Å². The highest BCUT2D eigenvalue weighted by atomic mass is 32.2. The first-order chi connectivity index (χ1) is 14.9. The number of piperidine rings is 1. The van der Waals surface area contributed by atoms with E-state index in [2.05, 4.69) is 42.7 Å². The summed E-state index contributed by atoms with van der Waals surface area (Å²) in [6.07, 6.45) is 7.03. The van der Waals surface area contributed by atoms with Crippen LogP contribution in [0.1, 0.15) is 45.4 Å². The van der Waals surface area contributed by atoms with E-state index in [-0.39, 0.29) is 18.2 Å². The Balaban J connectivity index is 1.17. The number of likely N-dealkylation sites (tertiary alicyclic amines) is 1. The number of hydrazine groups is 2. The first kappa shape index (κ1) is 22.5. The molecule has 0 aromatic carbocycles. The molecule has 5 rings (SSSR count). The molecule has 31 heavy (non-hydrogen) atoms. The Hall–Kier alpha value is -0.330. The Morgan fingerprint density at radius 1 is 1.06 bits per heavy atom. The zero-order valence-corrected chi connectivity index (χ0v) is 19.9. The Kier molecular flexibility index (Phi) is 6.62. The second-order valence-electron chi connectivity index (χ2n) is 10.4. The topological polar surface area (TPSA) is 92.0 Å². The molecule has 0 aromatic rings. The third-order valence-corrected chi connectivity index (χ3v) is 10.5. The molecule has 0 spiro atoms. The van der Waals surface area contributed by atoms with E-state index in [0.717, 1.165) is 32.4 Å². The van der Waals surface area contributed by atoms with Crippen molar-refractivity contribution in [1.29, 1.82) is 0 Å². The van der Waals surface area contributed by atoms with Crippen LogP contribution in [0, 0.1) is 11.8 Å². The molecule has 0 radical (unpaired) electrons. The van der Waals surface area contributed by atoms with Crippen molar-refractivity contribution in [3.8, 4) is 0 Å². The van der Waals surface area contributed by atoms with Gasteiger partial charge in [0.2, 0.25) is 10.0 Å². The number of nitrogens with one attached hydrogen (secondary N) is 4. The van der Waals surface area contributed by atoms with Gasteiger partial charge >= 0.3 is 0 Å². The molecule has 9 nitrogen and oxygen atoms in total. The first-order valence-electron chi connectivity index (χ1n) is 12.4. The molecule has 5 aliphatic rings. The highest BCUT2D eigenvalue weighted by Crippen LogP contribution is 2.32. The van der Waals surface area contributed by atoms with Crippen LogP contribution in [0.4, 0.5) is 0 Å². The minimum atomic E-state index is -3.38. The van der Waals surface area contributed by atoms with Gasteiger partial charge in [0, 0.05) is 44.8 Å². The van der Waals surface area contributed by atoms with Gasteiger partial charge in [0.1, 0.15) is 5.25 Å². The summed E-state index contributed by atoms with van der Waals surface area (Å²) in [7, 11) is -1.33. The molecule has 4 aliphatic heterocycles. The van der Waals surface area contributed by atoms with Gasteiger partial charge in [-0.2, -0.15) is 0 Å². The van der Waals surface area contributed by atoms with Crippen LogP contribution in [-0.2, 0) is 10.0 Å². The summed E-state index contributed by atoms with van der Waals surface area (Å²) in [5.41, 5.74) is 6.80. The average molecular weight is 456 g/mol. The van der Waals surface area contributed by atoms with Gasteiger partial charge in [-0.3, -0.25) is 10.9 Å². The molecule has 6 unspecified atom stereocenters. The van der Waals surface area contributed by atoms with Crippen LogP contribution < -0.4 is 20.9 Å². The fraction of sp³-hybridized carbons (Fsp3) is 1.00. The Bertz CT molecular complexity index is 731. The van der Waals surface area contributed by atoms with Crippen molar-refractivity contribution in [3.63, 3.8) is 0 Å². The third kappa shape index (κ3) is 4.55. The van der Waals surface area contributed by atoms with E-state index >= 15 is 0 Å². The number of sulfonamides is 1. The van der Waals surface area contributed by atoms with Crippen molar-refractivity contribution in [3.05, 3.63) is 0 Å². The van der Waals surface area contributed by atoms with Crippen molar-refractivity contribution >= 4 is 10.0 Å². The molecule has 7 atom stereocenters. The van der Waals surface area contributed by atoms with Gasteiger partial charge in [0.05, 0.1) is 6.17 Å². The summed E-state index contributed by atoms with van der Waals surface area (Å²) in [4.78, 5) is 2.59. The van der Waals surface area contributed by atoms with Crippen LogP contribution in [0.5, 0.6) is 0 Å². The van der Waals surface area contributed by atoms with Gasteiger partial charge in [0.15, 0.2) is 0 Å². The van der Waals surface area contributed by atoms with Crippen LogP contribution in [-0.4, -0.2) is 99.2 Å². The van der Waals surface area contributed by atoms with Crippen LogP contribution in [0.15, 0.2) is 0 Å². The van der Waals surface area contributed by atoms with Crippen LogP contribution in [0.25, 0.3) is 0 Å². The van der Waals surface area contributed by atoms with E-state index in [1.807, 2.05) is 7.05 Å². The van der Waals surface area contributed by atoms with Crippen molar-refractivity contribution in [2.45, 2.75) is 75.0 Å². The SMILES string of the molecule is C[C@H](C1CCNC(N2CC(S(=O)(=O)NC3CCCC4CNN(C)C43)CN2)C1)N1CCC1. The lowest BCUT2D eigenvalue weighted by Gasteiger charge is -2.44. The highest BCUT2D eigenvalue weighted by Gasteiger charge is 2.44. The van der Waals surface area contributed by atoms with E-state index in [4.69, 9.17) is 0 Å². The predicted octanol–water partition coefficient (Wildman–Crippen LogP) is -0.498. The van der Waals surface area contributed by atoms with Crippen molar-refractivity contribution in [2.24, 2.45) is 11.8 Å². The molecule has 0 amide bonds. The number of nitrogens with zero attached hydrogens (tertiary/aromatic N) is 3. The molecular formula is C21H41N7O2S. The molecule has 4 saturated heterocycles. The van der Waals surface area contributed by atoms with Crippen molar-refractivity contribution in [2.75, 3.05) is 46.3 Å². The van der Waals surface area contributed by atoms with Gasteiger partial charge in [-0.15, -0.1) is 0 Å². The second-order valence-corrected chi connectivity index (χ2v) is 12.4. The lowest BCUT2D eigenvalue weighted by atomic mass is 9.82. The molecule has 0 aromatic heterocycles. The first-order valence-corrected chi connectivity index (χ1v) is 13.9. The van der Waals surface area contributed by atoms with Gasteiger partial charge in [-0.1, -0.05) is 6.42 Å². The zero-order valence-electron chi connectivity index (χ0n) is 19.1. The number of hydrogen-bond acceptors (Lipinski definition) is 8. The van der Waals surface area contributed by atoms with Crippen LogP contribution >= 0.6 is 0 Å². The summed E-state index contributed by atoms with van der Waals surface area (Å²) in [5.74, 6) is 1.22. The summed E-state index contributed by atoms with van der Waals surface area (Å²) in [5, 5.41) is 7.51. The number of rotatable bonds is 6. The molecule has 4 N–H and O–H groups in total. The van der Waals surface area contributed by atoms with E-state index in [1.165, 1.54) is 32.4 Å². The van der Waals surface area contributed by atoms with Crippen LogP contribution in [0.2, 0.25) is 0 Å². The van der Waals surface area contributed by atoms with Crippen molar-refractivity contribution < 1.29 is 8.42 Å². The van der Waals surface area contributed by atoms with Gasteiger partial charge < -0.3 is 10.2 Å². The third-order valence-electron chi connectivity index (χ3n) is 8.66. The van der Waals surface area contributed by atoms with Gasteiger partial charge in [-0.05, 0) is 70.5 Å². The normalized spacial score (nSPS) is 41.7. The molecule has 1 aliphatic carbocycles. The smallest absolute Gasteiger partial charge is 0.217 e. The fourth-order valence-corrected chi connectivity index (χ4v) is 8.06. The lowest BCUT2D eigenvalue weighted by Crippen LogP contribution is -2.57. The fourth-order valence-electron chi connectivity index (χ4n) is 6.54. The molecule has 10 heteroatoms. The zero-order chi connectivity index (χ0) is 21.6. The number of fused-ring (bicyclic) bond motifs is 1. The lowest BCUT2D eigenvalue weighted by molar-refractivity contribution is 0.0347.